The minimum absolute atomic E-state index is 0.256. The first-order valence-electron chi connectivity index (χ1n) is 7.53. The maximum atomic E-state index is 9.88. The second-order valence-corrected chi connectivity index (χ2v) is 5.58. The van der Waals surface area contributed by atoms with Gasteiger partial charge in [-0.2, -0.15) is 0 Å². The van der Waals surface area contributed by atoms with Gasteiger partial charge in [-0.05, 0) is 25.5 Å². The maximum absolute atomic E-state index is 9.88. The fourth-order valence-electron chi connectivity index (χ4n) is 2.50. The number of hydrogen-bond acceptors (Lipinski definition) is 4. The Morgan fingerprint density at radius 1 is 1.00 bits per heavy atom. The van der Waals surface area contributed by atoms with Crippen molar-refractivity contribution in [2.24, 2.45) is 0 Å². The maximum Gasteiger partial charge on any atom is 0.111 e. The van der Waals surface area contributed by atoms with Crippen molar-refractivity contribution in [3.8, 4) is 0 Å². The summed E-state index contributed by atoms with van der Waals surface area (Å²) in [5.74, 6) is 0. The van der Waals surface area contributed by atoms with Gasteiger partial charge in [0.25, 0.3) is 0 Å². The molecule has 0 aromatic carbocycles. The zero-order valence-corrected chi connectivity index (χ0v) is 12.2. The third kappa shape index (κ3) is 5.22. The number of aliphatic hydroxyl groups excluding tert-OH is 3. The number of unbranched alkanes of at least 4 members (excludes halogenated alkanes) is 5. The fraction of sp³-hybridized carbons (Fsp3) is 0.867. The molecule has 1 aliphatic carbocycles. The zero-order valence-electron chi connectivity index (χ0n) is 12.2. The molecule has 0 spiro atoms. The van der Waals surface area contributed by atoms with E-state index in [2.05, 4.69) is 12.2 Å². The summed E-state index contributed by atoms with van der Waals surface area (Å²) >= 11 is 0. The lowest BCUT2D eigenvalue weighted by Gasteiger charge is -2.34. The van der Waals surface area contributed by atoms with Crippen LogP contribution in [0.2, 0.25) is 0 Å². The smallest absolute Gasteiger partial charge is 0.111 e. The molecule has 112 valence electrons. The monoisotopic (exact) mass is 271 g/mol. The van der Waals surface area contributed by atoms with Crippen molar-refractivity contribution in [2.45, 2.75) is 76.7 Å². The van der Waals surface area contributed by atoms with Crippen LogP contribution in [-0.4, -0.2) is 46.2 Å². The van der Waals surface area contributed by atoms with Crippen molar-refractivity contribution in [2.75, 3.05) is 6.54 Å². The van der Waals surface area contributed by atoms with Crippen molar-refractivity contribution < 1.29 is 15.3 Å². The molecule has 0 aromatic heterocycles. The summed E-state index contributed by atoms with van der Waals surface area (Å²) in [6.45, 7) is 4.82. The molecule has 0 radical (unpaired) electrons. The van der Waals surface area contributed by atoms with Gasteiger partial charge in [-0.1, -0.05) is 45.1 Å². The van der Waals surface area contributed by atoms with Gasteiger partial charge in [0.15, 0.2) is 0 Å². The summed E-state index contributed by atoms with van der Waals surface area (Å²) in [4.78, 5) is 0. The molecule has 4 N–H and O–H groups in total. The summed E-state index contributed by atoms with van der Waals surface area (Å²) in [5, 5.41) is 32.5. The fourth-order valence-corrected chi connectivity index (χ4v) is 2.50. The Hall–Kier alpha value is -0.420. The average Bonchev–Trinajstić information content (AvgIpc) is 2.41. The van der Waals surface area contributed by atoms with Crippen LogP contribution in [0.25, 0.3) is 0 Å². The lowest BCUT2D eigenvalue weighted by Crippen LogP contribution is -2.53. The van der Waals surface area contributed by atoms with E-state index in [-0.39, 0.29) is 6.04 Å². The van der Waals surface area contributed by atoms with Crippen LogP contribution in [0, 0.1) is 0 Å². The molecule has 0 heterocycles. The largest absolute Gasteiger partial charge is 0.388 e. The van der Waals surface area contributed by atoms with Crippen molar-refractivity contribution in [3.05, 3.63) is 11.6 Å². The molecule has 0 aromatic rings. The Morgan fingerprint density at radius 2 is 1.63 bits per heavy atom. The Bertz CT molecular complexity index is 281. The number of rotatable bonds is 8. The Kier molecular flexibility index (Phi) is 7.61. The van der Waals surface area contributed by atoms with Crippen LogP contribution in [0.5, 0.6) is 0 Å². The summed E-state index contributed by atoms with van der Waals surface area (Å²) in [6.07, 6.45) is 6.26. The minimum atomic E-state index is -1.09. The van der Waals surface area contributed by atoms with E-state index in [9.17, 15) is 15.3 Å². The van der Waals surface area contributed by atoms with Gasteiger partial charge < -0.3 is 20.6 Å². The van der Waals surface area contributed by atoms with E-state index < -0.39 is 18.3 Å². The van der Waals surface area contributed by atoms with E-state index in [1.165, 1.54) is 32.1 Å². The highest BCUT2D eigenvalue weighted by Crippen LogP contribution is 2.19. The van der Waals surface area contributed by atoms with Crippen molar-refractivity contribution in [1.29, 1.82) is 0 Å². The highest BCUT2D eigenvalue weighted by Gasteiger charge is 2.35. The average molecular weight is 271 g/mol. The van der Waals surface area contributed by atoms with Gasteiger partial charge in [0.1, 0.15) is 18.3 Å². The van der Waals surface area contributed by atoms with E-state index in [1.54, 1.807) is 6.92 Å². The second kappa shape index (κ2) is 8.69. The Labute approximate surface area is 116 Å². The third-order valence-corrected chi connectivity index (χ3v) is 3.86. The van der Waals surface area contributed by atoms with E-state index >= 15 is 0 Å². The van der Waals surface area contributed by atoms with E-state index in [1.807, 2.05) is 6.08 Å². The summed E-state index contributed by atoms with van der Waals surface area (Å²) in [5.41, 5.74) is 0.721. The third-order valence-electron chi connectivity index (χ3n) is 3.86. The lowest BCUT2D eigenvalue weighted by atomic mass is 9.89. The number of nitrogens with one attached hydrogen (secondary N) is 1. The van der Waals surface area contributed by atoms with Gasteiger partial charge in [-0.15, -0.1) is 0 Å². The van der Waals surface area contributed by atoms with Crippen LogP contribution in [0.4, 0.5) is 0 Å². The molecule has 4 nitrogen and oxygen atoms in total. The van der Waals surface area contributed by atoms with Gasteiger partial charge >= 0.3 is 0 Å². The van der Waals surface area contributed by atoms with Crippen molar-refractivity contribution in [3.63, 3.8) is 0 Å². The lowest BCUT2D eigenvalue weighted by molar-refractivity contribution is -0.0611. The first-order chi connectivity index (χ1) is 9.07. The minimum Gasteiger partial charge on any atom is -0.388 e. The van der Waals surface area contributed by atoms with Crippen molar-refractivity contribution >= 4 is 0 Å². The summed E-state index contributed by atoms with van der Waals surface area (Å²) in [7, 11) is 0. The Balaban J connectivity index is 2.22. The quantitative estimate of drug-likeness (QED) is 0.397. The molecule has 1 rings (SSSR count). The Morgan fingerprint density at radius 3 is 2.32 bits per heavy atom. The molecular weight excluding hydrogens is 242 g/mol. The SMILES string of the molecule is CCCCCCCCNC1C=C(C)C(O)C(O)C1O. The second-order valence-electron chi connectivity index (χ2n) is 5.58. The summed E-state index contributed by atoms with van der Waals surface area (Å²) in [6, 6.07) is -0.256. The van der Waals surface area contributed by atoms with Crippen LogP contribution in [0.3, 0.4) is 0 Å². The van der Waals surface area contributed by atoms with E-state index in [4.69, 9.17) is 0 Å². The van der Waals surface area contributed by atoms with Crippen LogP contribution in [0.15, 0.2) is 11.6 Å². The first-order valence-corrected chi connectivity index (χ1v) is 7.53. The standard InChI is InChI=1S/C15H29NO3/c1-3-4-5-6-7-8-9-16-12-10-11(2)13(17)15(19)14(12)18/h10,12-19H,3-9H2,1-2H3. The molecular formula is C15H29NO3. The van der Waals surface area contributed by atoms with Crippen LogP contribution in [0.1, 0.15) is 52.4 Å². The highest BCUT2D eigenvalue weighted by atomic mass is 16.4. The molecule has 0 saturated heterocycles. The van der Waals surface area contributed by atoms with Crippen molar-refractivity contribution in [1.82, 2.24) is 5.32 Å². The molecule has 19 heavy (non-hydrogen) atoms. The van der Waals surface area contributed by atoms with Gasteiger partial charge in [0, 0.05) is 0 Å². The molecule has 0 bridgehead atoms. The molecule has 4 unspecified atom stereocenters. The number of aliphatic hydroxyl groups is 3. The van der Waals surface area contributed by atoms with Gasteiger partial charge in [0.2, 0.25) is 0 Å². The normalized spacial score (nSPS) is 31.3. The zero-order chi connectivity index (χ0) is 14.3. The summed E-state index contributed by atoms with van der Waals surface area (Å²) < 4.78 is 0. The number of hydrogen-bond donors (Lipinski definition) is 4. The highest BCUT2D eigenvalue weighted by molar-refractivity contribution is 5.19. The molecule has 0 amide bonds. The predicted molar refractivity (Wildman–Crippen MR) is 76.9 cm³/mol. The van der Waals surface area contributed by atoms with E-state index in [0.29, 0.717) is 0 Å². The topological polar surface area (TPSA) is 72.7 Å². The van der Waals surface area contributed by atoms with E-state index in [0.717, 1.165) is 18.5 Å². The van der Waals surface area contributed by atoms with Gasteiger partial charge in [-0.3, -0.25) is 0 Å². The van der Waals surface area contributed by atoms with Gasteiger partial charge in [0.05, 0.1) is 6.04 Å². The van der Waals surface area contributed by atoms with Crippen LogP contribution < -0.4 is 5.32 Å². The molecule has 4 atom stereocenters. The molecule has 0 aliphatic heterocycles. The van der Waals surface area contributed by atoms with Gasteiger partial charge in [-0.25, -0.2) is 0 Å². The molecule has 0 saturated carbocycles. The van der Waals surface area contributed by atoms with Crippen LogP contribution in [-0.2, 0) is 0 Å². The molecule has 1 aliphatic rings. The first kappa shape index (κ1) is 16.6. The van der Waals surface area contributed by atoms with Crippen LogP contribution >= 0.6 is 0 Å². The predicted octanol–water partition coefficient (Wildman–Crippen LogP) is 1.35. The molecule has 0 fully saturated rings. The molecule has 4 heteroatoms.